The van der Waals surface area contributed by atoms with Crippen molar-refractivity contribution in [1.82, 2.24) is 10.3 Å². The van der Waals surface area contributed by atoms with Gasteiger partial charge in [-0.2, -0.15) is 0 Å². The Morgan fingerprint density at radius 1 is 1.47 bits per heavy atom. The lowest BCUT2D eigenvalue weighted by molar-refractivity contribution is 0.0463. The van der Waals surface area contributed by atoms with Crippen molar-refractivity contribution >= 4 is 27.3 Å². The van der Waals surface area contributed by atoms with Gasteiger partial charge in [0.1, 0.15) is 0 Å². The van der Waals surface area contributed by atoms with Crippen LogP contribution in [0.25, 0.3) is 10.2 Å². The fourth-order valence-corrected chi connectivity index (χ4v) is 3.22. The van der Waals surface area contributed by atoms with Crippen molar-refractivity contribution in [3.8, 4) is 0 Å². The van der Waals surface area contributed by atoms with Gasteiger partial charge in [-0.25, -0.2) is 4.98 Å². The molecule has 1 aromatic heterocycles. The third-order valence-electron chi connectivity index (χ3n) is 3.17. The summed E-state index contributed by atoms with van der Waals surface area (Å²) in [7, 11) is 0. The first kappa shape index (κ1) is 12.7. The Hall–Kier alpha value is -1.30. The van der Waals surface area contributed by atoms with E-state index in [-0.39, 0.29) is 11.8 Å². The van der Waals surface area contributed by atoms with E-state index < -0.39 is 0 Å². The molecule has 19 heavy (non-hydrogen) atoms. The molecular weight excluding hydrogens is 260 g/mol. The van der Waals surface area contributed by atoms with Gasteiger partial charge < -0.3 is 10.1 Å². The van der Waals surface area contributed by atoms with Crippen LogP contribution in [0.4, 0.5) is 0 Å². The first-order valence-electron chi connectivity index (χ1n) is 6.45. The van der Waals surface area contributed by atoms with Gasteiger partial charge in [0.25, 0.3) is 0 Å². The fraction of sp³-hybridized carbons (Fsp3) is 0.429. The van der Waals surface area contributed by atoms with E-state index in [1.165, 1.54) is 11.3 Å². The summed E-state index contributed by atoms with van der Waals surface area (Å²) < 4.78 is 6.52. The molecule has 2 unspecified atom stereocenters. The summed E-state index contributed by atoms with van der Waals surface area (Å²) in [5, 5.41) is 3.98. The van der Waals surface area contributed by atoms with Gasteiger partial charge in [0, 0.05) is 18.5 Å². The number of carbonyl (C=O) groups excluding carboxylic acids is 1. The van der Waals surface area contributed by atoms with Crippen LogP contribution < -0.4 is 5.32 Å². The predicted molar refractivity (Wildman–Crippen MR) is 75.8 cm³/mol. The number of fused-ring (bicyclic) bond motifs is 1. The van der Waals surface area contributed by atoms with Gasteiger partial charge in [0.2, 0.25) is 0 Å². The number of thiazole rings is 1. The first-order valence-corrected chi connectivity index (χ1v) is 7.26. The van der Waals surface area contributed by atoms with Gasteiger partial charge in [0.05, 0.1) is 23.4 Å². The molecule has 1 N–H and O–H groups in total. The minimum atomic E-state index is 0.0939. The number of morpholine rings is 1. The lowest BCUT2D eigenvalue weighted by atomic mass is 10.1. The van der Waals surface area contributed by atoms with E-state index in [4.69, 9.17) is 4.74 Å². The van der Waals surface area contributed by atoms with Crippen molar-refractivity contribution in [2.75, 3.05) is 13.2 Å². The number of Topliss-reactive ketones (excluding diaryl/α,β-unsaturated/α-hetero) is 1. The first-order chi connectivity index (χ1) is 9.22. The number of ether oxygens (including phenoxy) is 1. The zero-order valence-corrected chi connectivity index (χ0v) is 11.6. The number of ketones is 1. The number of rotatable bonds is 3. The van der Waals surface area contributed by atoms with Crippen LogP contribution in [0, 0.1) is 0 Å². The maximum absolute atomic E-state index is 12.2. The largest absolute Gasteiger partial charge is 0.378 e. The van der Waals surface area contributed by atoms with Crippen LogP contribution in [0.1, 0.15) is 23.1 Å². The Kier molecular flexibility index (Phi) is 3.59. The van der Waals surface area contributed by atoms with Crippen LogP contribution in [0.3, 0.4) is 0 Å². The molecular formula is C14H16N2O2S. The highest BCUT2D eigenvalue weighted by molar-refractivity contribution is 7.20. The zero-order chi connectivity index (χ0) is 13.2. The lowest BCUT2D eigenvalue weighted by Gasteiger charge is -2.28. The van der Waals surface area contributed by atoms with E-state index in [2.05, 4.69) is 17.2 Å². The van der Waals surface area contributed by atoms with Gasteiger partial charge in [-0.15, -0.1) is 11.3 Å². The number of benzene rings is 1. The van der Waals surface area contributed by atoms with Crippen LogP contribution >= 0.6 is 11.3 Å². The number of carbonyl (C=O) groups is 1. The van der Waals surface area contributed by atoms with Gasteiger partial charge in [-0.05, 0) is 19.1 Å². The molecule has 0 spiro atoms. The van der Waals surface area contributed by atoms with Crippen LogP contribution in [0.15, 0.2) is 24.3 Å². The van der Waals surface area contributed by atoms with E-state index >= 15 is 0 Å². The van der Waals surface area contributed by atoms with Crippen LogP contribution in [0.5, 0.6) is 0 Å². The number of aromatic nitrogens is 1. The number of nitrogens with one attached hydrogen (secondary N) is 1. The Labute approximate surface area is 115 Å². The fourth-order valence-electron chi connectivity index (χ4n) is 2.31. The van der Waals surface area contributed by atoms with Gasteiger partial charge >= 0.3 is 0 Å². The topological polar surface area (TPSA) is 51.2 Å². The van der Waals surface area contributed by atoms with Crippen LogP contribution in [0.2, 0.25) is 0 Å². The normalized spacial score (nSPS) is 23.6. The average molecular weight is 276 g/mol. The molecule has 1 aliphatic heterocycles. The third kappa shape index (κ3) is 2.83. The summed E-state index contributed by atoms with van der Waals surface area (Å²) in [6.45, 7) is 3.38. The molecule has 2 heterocycles. The minimum absolute atomic E-state index is 0.0939. The van der Waals surface area contributed by atoms with Crippen molar-refractivity contribution in [1.29, 1.82) is 0 Å². The molecule has 0 aliphatic carbocycles. The molecule has 1 fully saturated rings. The van der Waals surface area contributed by atoms with E-state index in [1.54, 1.807) is 0 Å². The molecule has 1 saturated heterocycles. The molecule has 0 amide bonds. The molecule has 0 radical (unpaired) electrons. The molecule has 1 aromatic carbocycles. The molecule has 0 bridgehead atoms. The standard InChI is InChI=1S/C14H16N2O2S/c1-9-7-18-8-10(15-9)6-12(17)14-16-11-4-2-3-5-13(11)19-14/h2-5,9-10,15H,6-8H2,1H3. The Morgan fingerprint density at radius 2 is 2.32 bits per heavy atom. The van der Waals surface area contributed by atoms with Crippen molar-refractivity contribution < 1.29 is 9.53 Å². The van der Waals surface area contributed by atoms with Crippen molar-refractivity contribution in [2.45, 2.75) is 25.4 Å². The molecule has 0 saturated carbocycles. The van der Waals surface area contributed by atoms with E-state index in [0.717, 1.165) is 10.2 Å². The molecule has 5 heteroatoms. The summed E-state index contributed by atoms with van der Waals surface area (Å²) in [5.74, 6) is 0.0939. The summed E-state index contributed by atoms with van der Waals surface area (Å²) in [6, 6.07) is 8.24. The second-order valence-corrected chi connectivity index (χ2v) is 5.95. The predicted octanol–water partition coefficient (Wildman–Crippen LogP) is 2.25. The minimum Gasteiger partial charge on any atom is -0.378 e. The number of hydrogen-bond acceptors (Lipinski definition) is 5. The zero-order valence-electron chi connectivity index (χ0n) is 10.8. The summed E-state index contributed by atoms with van der Waals surface area (Å²) in [5.41, 5.74) is 0.900. The monoisotopic (exact) mass is 276 g/mol. The molecule has 2 aromatic rings. The summed E-state index contributed by atoms with van der Waals surface area (Å²) in [6.07, 6.45) is 0.449. The SMILES string of the molecule is CC1COCC(CC(=O)c2nc3ccccc3s2)N1. The molecule has 100 valence electrons. The maximum Gasteiger partial charge on any atom is 0.193 e. The van der Waals surface area contributed by atoms with Crippen molar-refractivity contribution in [3.05, 3.63) is 29.3 Å². The quantitative estimate of drug-likeness (QED) is 0.874. The highest BCUT2D eigenvalue weighted by Crippen LogP contribution is 2.23. The number of hydrogen-bond donors (Lipinski definition) is 1. The van der Waals surface area contributed by atoms with E-state index in [1.807, 2.05) is 24.3 Å². The third-order valence-corrected chi connectivity index (χ3v) is 4.25. The van der Waals surface area contributed by atoms with Crippen LogP contribution in [-0.2, 0) is 4.74 Å². The highest BCUT2D eigenvalue weighted by Gasteiger charge is 2.23. The Balaban J connectivity index is 1.72. The summed E-state index contributed by atoms with van der Waals surface area (Å²) in [4.78, 5) is 16.6. The maximum atomic E-state index is 12.2. The molecule has 3 rings (SSSR count). The van der Waals surface area contributed by atoms with Gasteiger partial charge in [-0.1, -0.05) is 12.1 Å². The second-order valence-electron chi connectivity index (χ2n) is 4.92. The van der Waals surface area contributed by atoms with Crippen molar-refractivity contribution in [3.63, 3.8) is 0 Å². The van der Waals surface area contributed by atoms with Crippen molar-refractivity contribution in [2.24, 2.45) is 0 Å². The smallest absolute Gasteiger partial charge is 0.193 e. The van der Waals surface area contributed by atoms with Gasteiger partial charge in [0.15, 0.2) is 10.8 Å². The lowest BCUT2D eigenvalue weighted by Crippen LogP contribution is -2.48. The summed E-state index contributed by atoms with van der Waals surface area (Å²) >= 11 is 1.47. The molecule has 4 nitrogen and oxygen atoms in total. The molecule has 2 atom stereocenters. The number of para-hydroxylation sites is 1. The number of nitrogens with zero attached hydrogens (tertiary/aromatic N) is 1. The van der Waals surface area contributed by atoms with Crippen LogP contribution in [-0.4, -0.2) is 36.1 Å². The Bertz CT molecular complexity index is 563. The van der Waals surface area contributed by atoms with E-state index in [0.29, 0.717) is 30.7 Å². The van der Waals surface area contributed by atoms with E-state index in [9.17, 15) is 4.79 Å². The Morgan fingerprint density at radius 3 is 3.11 bits per heavy atom. The average Bonchev–Trinajstić information content (AvgIpc) is 2.82. The highest BCUT2D eigenvalue weighted by atomic mass is 32.1. The molecule has 1 aliphatic rings. The second kappa shape index (κ2) is 5.36. The van der Waals surface area contributed by atoms with Gasteiger partial charge in [-0.3, -0.25) is 4.79 Å².